The number of aromatic nitrogens is 1. The molecule has 19 heavy (non-hydrogen) atoms. The number of hydrogen-bond donors (Lipinski definition) is 1. The molecule has 0 atom stereocenters. The second kappa shape index (κ2) is 5.10. The summed E-state index contributed by atoms with van der Waals surface area (Å²) in [5, 5.41) is 15.3. The van der Waals surface area contributed by atoms with Crippen molar-refractivity contribution >= 4 is 34.9 Å². The Morgan fingerprint density at radius 3 is 2.79 bits per heavy atom. The average Bonchev–Trinajstić information content (AvgIpc) is 3.11. The predicted molar refractivity (Wildman–Crippen MR) is 83.0 cm³/mol. The van der Waals surface area contributed by atoms with E-state index in [2.05, 4.69) is 11.1 Å². The normalized spacial score (nSPS) is 10.3. The molecule has 2 nitrogen and oxygen atoms in total. The second-order valence-corrected chi connectivity index (χ2v) is 6.04. The maximum Gasteiger partial charge on any atom is 0.122 e. The minimum atomic E-state index is 0.495. The Morgan fingerprint density at radius 2 is 2.16 bits per heavy atom. The van der Waals surface area contributed by atoms with Crippen LogP contribution in [0.1, 0.15) is 5.56 Å². The Hall–Kier alpha value is -1.74. The highest BCUT2D eigenvalue weighted by molar-refractivity contribution is 7.71. The Morgan fingerprint density at radius 1 is 1.26 bits per heavy atom. The molecule has 92 valence electrons. The van der Waals surface area contributed by atoms with E-state index < -0.39 is 0 Å². The van der Waals surface area contributed by atoms with E-state index in [-0.39, 0.29) is 0 Å². The molecule has 3 heterocycles. The number of thiophene rings is 2. The summed E-state index contributed by atoms with van der Waals surface area (Å²) >= 11 is 8.56. The summed E-state index contributed by atoms with van der Waals surface area (Å²) in [7, 11) is 0. The van der Waals surface area contributed by atoms with Crippen molar-refractivity contribution < 1.29 is 0 Å². The van der Waals surface area contributed by atoms with Gasteiger partial charge in [-0.15, -0.1) is 11.3 Å². The van der Waals surface area contributed by atoms with Crippen molar-refractivity contribution in [3.8, 4) is 27.8 Å². The van der Waals surface area contributed by atoms with Crippen LogP contribution in [0.3, 0.4) is 0 Å². The Labute approximate surface area is 123 Å². The zero-order valence-electron chi connectivity index (χ0n) is 9.71. The summed E-state index contributed by atoms with van der Waals surface area (Å²) in [5.74, 6) is 0. The van der Waals surface area contributed by atoms with E-state index in [0.29, 0.717) is 10.2 Å². The second-order valence-electron chi connectivity index (χ2n) is 3.90. The Bertz CT molecular complexity index is 790. The van der Waals surface area contributed by atoms with Crippen molar-refractivity contribution in [1.29, 1.82) is 5.26 Å². The fourth-order valence-electron chi connectivity index (χ4n) is 1.88. The van der Waals surface area contributed by atoms with Crippen LogP contribution >= 0.6 is 34.9 Å². The van der Waals surface area contributed by atoms with Crippen LogP contribution < -0.4 is 0 Å². The number of H-pyrrole nitrogens is 1. The highest BCUT2D eigenvalue weighted by Gasteiger charge is 2.11. The summed E-state index contributed by atoms with van der Waals surface area (Å²) in [5.41, 5.74) is 3.43. The average molecular weight is 300 g/mol. The first-order valence-corrected chi connectivity index (χ1v) is 7.76. The van der Waals surface area contributed by atoms with Crippen molar-refractivity contribution in [3.05, 3.63) is 50.6 Å². The molecule has 0 spiro atoms. The fourth-order valence-corrected chi connectivity index (χ4v) is 3.50. The van der Waals surface area contributed by atoms with Gasteiger partial charge in [0, 0.05) is 5.56 Å². The van der Waals surface area contributed by atoms with Gasteiger partial charge in [-0.2, -0.15) is 16.6 Å². The molecule has 0 fully saturated rings. The molecule has 3 aromatic rings. The van der Waals surface area contributed by atoms with E-state index in [1.165, 1.54) is 0 Å². The molecular weight excluding hydrogens is 292 g/mol. The lowest BCUT2D eigenvalue weighted by Gasteiger charge is -2.06. The lowest BCUT2D eigenvalue weighted by Crippen LogP contribution is -1.90. The van der Waals surface area contributed by atoms with Crippen LogP contribution in [0, 0.1) is 16.0 Å². The van der Waals surface area contributed by atoms with Crippen molar-refractivity contribution in [2.75, 3.05) is 0 Å². The molecule has 0 amide bonds. The van der Waals surface area contributed by atoms with Gasteiger partial charge in [-0.3, -0.25) is 0 Å². The van der Waals surface area contributed by atoms with E-state index in [0.717, 1.165) is 21.7 Å². The van der Waals surface area contributed by atoms with Gasteiger partial charge >= 0.3 is 0 Å². The molecule has 3 aromatic heterocycles. The lowest BCUT2D eigenvalue weighted by atomic mass is 10.0. The molecule has 0 aliphatic rings. The number of nitriles is 1. The molecule has 0 saturated carbocycles. The zero-order chi connectivity index (χ0) is 13.2. The van der Waals surface area contributed by atoms with Crippen LogP contribution in [0.15, 0.2) is 40.4 Å². The van der Waals surface area contributed by atoms with Gasteiger partial charge in [-0.25, -0.2) is 0 Å². The third-order valence-electron chi connectivity index (χ3n) is 2.76. The van der Waals surface area contributed by atoms with Crippen LogP contribution in [-0.2, 0) is 0 Å². The van der Waals surface area contributed by atoms with Gasteiger partial charge in [-0.1, -0.05) is 18.3 Å². The molecular formula is C14H8N2S3. The smallest absolute Gasteiger partial charge is 0.122 e. The monoisotopic (exact) mass is 300 g/mol. The Kier molecular flexibility index (Phi) is 3.30. The van der Waals surface area contributed by atoms with Gasteiger partial charge in [0.1, 0.15) is 10.7 Å². The van der Waals surface area contributed by atoms with E-state index in [9.17, 15) is 5.26 Å². The van der Waals surface area contributed by atoms with Gasteiger partial charge in [0.25, 0.3) is 0 Å². The topological polar surface area (TPSA) is 39.6 Å². The number of pyridine rings is 1. The van der Waals surface area contributed by atoms with Crippen molar-refractivity contribution in [2.45, 2.75) is 0 Å². The third kappa shape index (κ3) is 2.26. The van der Waals surface area contributed by atoms with Gasteiger partial charge in [0.2, 0.25) is 0 Å². The van der Waals surface area contributed by atoms with Crippen LogP contribution in [-0.4, -0.2) is 4.98 Å². The van der Waals surface area contributed by atoms with Crippen molar-refractivity contribution in [3.63, 3.8) is 0 Å². The van der Waals surface area contributed by atoms with Crippen LogP contribution in [0.5, 0.6) is 0 Å². The van der Waals surface area contributed by atoms with E-state index >= 15 is 0 Å². The van der Waals surface area contributed by atoms with Crippen LogP contribution in [0.4, 0.5) is 0 Å². The molecule has 0 aliphatic carbocycles. The molecule has 3 rings (SSSR count). The molecule has 0 unspecified atom stereocenters. The third-order valence-corrected chi connectivity index (χ3v) is 4.66. The zero-order valence-corrected chi connectivity index (χ0v) is 12.2. The molecule has 1 N–H and O–H groups in total. The first kappa shape index (κ1) is 12.3. The fraction of sp³-hybridized carbons (Fsp3) is 0. The Balaban J connectivity index is 2.28. The van der Waals surface area contributed by atoms with Crippen LogP contribution in [0.25, 0.3) is 21.7 Å². The highest BCUT2D eigenvalue weighted by Crippen LogP contribution is 2.31. The quantitative estimate of drug-likeness (QED) is 0.671. The number of aromatic amines is 1. The van der Waals surface area contributed by atoms with E-state index in [4.69, 9.17) is 12.2 Å². The molecule has 5 heteroatoms. The highest BCUT2D eigenvalue weighted by atomic mass is 32.1. The number of rotatable bonds is 2. The predicted octanol–water partition coefficient (Wildman–Crippen LogP) is 5.07. The first-order valence-electron chi connectivity index (χ1n) is 5.53. The van der Waals surface area contributed by atoms with Gasteiger partial charge < -0.3 is 4.98 Å². The minimum Gasteiger partial charge on any atom is -0.344 e. The SMILES string of the molecule is N#Cc1c(-c2ccsc2)cc(-c2cccs2)[nH]c1=S. The summed E-state index contributed by atoms with van der Waals surface area (Å²) in [4.78, 5) is 4.26. The van der Waals surface area contributed by atoms with E-state index in [1.54, 1.807) is 22.7 Å². The molecule has 0 radical (unpaired) electrons. The number of nitrogens with one attached hydrogen (secondary N) is 1. The summed E-state index contributed by atoms with van der Waals surface area (Å²) in [6.45, 7) is 0. The molecule has 0 aromatic carbocycles. The summed E-state index contributed by atoms with van der Waals surface area (Å²) in [6.07, 6.45) is 0. The molecule has 0 bridgehead atoms. The number of hydrogen-bond acceptors (Lipinski definition) is 4. The lowest BCUT2D eigenvalue weighted by molar-refractivity contribution is 1.28. The van der Waals surface area contributed by atoms with Gasteiger partial charge in [0.15, 0.2) is 0 Å². The summed E-state index contributed by atoms with van der Waals surface area (Å²) in [6, 6.07) is 10.2. The summed E-state index contributed by atoms with van der Waals surface area (Å²) < 4.78 is 0.495. The largest absolute Gasteiger partial charge is 0.344 e. The maximum absolute atomic E-state index is 9.29. The van der Waals surface area contributed by atoms with Crippen molar-refractivity contribution in [1.82, 2.24) is 4.98 Å². The minimum absolute atomic E-state index is 0.495. The molecule has 0 saturated heterocycles. The van der Waals surface area contributed by atoms with Crippen LogP contribution in [0.2, 0.25) is 0 Å². The van der Waals surface area contributed by atoms with Crippen molar-refractivity contribution in [2.24, 2.45) is 0 Å². The number of nitrogens with zero attached hydrogens (tertiary/aromatic N) is 1. The van der Waals surface area contributed by atoms with Gasteiger partial charge in [0.05, 0.1) is 16.1 Å². The first-order chi connectivity index (χ1) is 9.29. The maximum atomic E-state index is 9.29. The standard InChI is InChI=1S/C14H8N2S3/c15-7-11-10(9-3-5-18-8-9)6-12(16-14(11)17)13-2-1-4-19-13/h1-6,8H,(H,16,17). The van der Waals surface area contributed by atoms with Gasteiger partial charge in [-0.05, 0) is 39.9 Å². The van der Waals surface area contributed by atoms with E-state index in [1.807, 2.05) is 40.4 Å². The molecule has 0 aliphatic heterocycles.